The molecule has 4 heteroatoms. The molecule has 1 unspecified atom stereocenters. The van der Waals surface area contributed by atoms with E-state index >= 15 is 0 Å². The first-order valence-electron chi connectivity index (χ1n) is 5.32. The molecular weight excluding hydrogens is 225 g/mol. The van der Waals surface area contributed by atoms with Crippen LogP contribution in [0.15, 0.2) is 23.1 Å². The fourth-order valence-corrected chi connectivity index (χ4v) is 2.57. The molecule has 0 amide bonds. The summed E-state index contributed by atoms with van der Waals surface area (Å²) in [6, 6.07) is 4.82. The fraction of sp³-hybridized carbons (Fsp3) is 0.500. The lowest BCUT2D eigenvalue weighted by molar-refractivity contribution is 0.200. The predicted octanol–water partition coefficient (Wildman–Crippen LogP) is 2.97. The molecule has 0 heterocycles. The first-order valence-corrected chi connectivity index (χ1v) is 6.31. The van der Waals surface area contributed by atoms with Gasteiger partial charge in [-0.1, -0.05) is 6.07 Å². The lowest BCUT2D eigenvalue weighted by Crippen LogP contribution is -2.09. The van der Waals surface area contributed by atoms with Crippen molar-refractivity contribution < 1.29 is 9.13 Å². The van der Waals surface area contributed by atoms with Gasteiger partial charge >= 0.3 is 0 Å². The SMILES string of the molecule is COCCCSc1cccc(F)c1C(C)N. The minimum atomic E-state index is -0.272. The zero-order valence-electron chi connectivity index (χ0n) is 9.70. The highest BCUT2D eigenvalue weighted by atomic mass is 32.2. The smallest absolute Gasteiger partial charge is 0.129 e. The number of benzene rings is 1. The van der Waals surface area contributed by atoms with Crippen LogP contribution in [-0.2, 0) is 4.74 Å². The van der Waals surface area contributed by atoms with Crippen molar-refractivity contribution in [3.05, 3.63) is 29.6 Å². The monoisotopic (exact) mass is 243 g/mol. The number of thioether (sulfide) groups is 1. The molecule has 0 aliphatic carbocycles. The van der Waals surface area contributed by atoms with Gasteiger partial charge in [-0.05, 0) is 25.5 Å². The lowest BCUT2D eigenvalue weighted by Gasteiger charge is -2.13. The first-order chi connectivity index (χ1) is 7.66. The molecular formula is C12H18FNOS. The van der Waals surface area contributed by atoms with Gasteiger partial charge in [-0.15, -0.1) is 11.8 Å². The van der Waals surface area contributed by atoms with Gasteiger partial charge in [-0.3, -0.25) is 0 Å². The number of halogens is 1. The van der Waals surface area contributed by atoms with Crippen LogP contribution >= 0.6 is 11.8 Å². The topological polar surface area (TPSA) is 35.2 Å². The van der Waals surface area contributed by atoms with Gasteiger partial charge in [0.15, 0.2) is 0 Å². The van der Waals surface area contributed by atoms with E-state index in [1.807, 2.05) is 6.07 Å². The van der Waals surface area contributed by atoms with Gasteiger partial charge in [-0.2, -0.15) is 0 Å². The Morgan fingerprint density at radius 2 is 2.25 bits per heavy atom. The Hall–Kier alpha value is -0.580. The molecule has 0 aromatic heterocycles. The summed E-state index contributed by atoms with van der Waals surface area (Å²) in [4.78, 5) is 0.936. The standard InChI is InChI=1S/C12H18FNOS/c1-9(14)12-10(13)5-3-6-11(12)16-8-4-7-15-2/h3,5-6,9H,4,7-8,14H2,1-2H3. The molecule has 0 saturated heterocycles. The van der Waals surface area contributed by atoms with Crippen LogP contribution in [-0.4, -0.2) is 19.5 Å². The van der Waals surface area contributed by atoms with E-state index in [9.17, 15) is 4.39 Å². The second-order valence-electron chi connectivity index (χ2n) is 3.64. The number of ether oxygens (including phenoxy) is 1. The second-order valence-corrected chi connectivity index (χ2v) is 4.77. The molecule has 0 saturated carbocycles. The van der Waals surface area contributed by atoms with Crippen LogP contribution in [0.5, 0.6) is 0 Å². The van der Waals surface area contributed by atoms with E-state index in [1.165, 1.54) is 6.07 Å². The summed E-state index contributed by atoms with van der Waals surface area (Å²) in [5.41, 5.74) is 6.38. The molecule has 1 rings (SSSR count). The van der Waals surface area contributed by atoms with E-state index in [2.05, 4.69) is 0 Å². The summed E-state index contributed by atoms with van der Waals surface area (Å²) >= 11 is 1.63. The molecule has 0 radical (unpaired) electrons. The molecule has 1 atom stereocenters. The summed E-state index contributed by atoms with van der Waals surface area (Å²) in [7, 11) is 1.68. The number of nitrogens with two attached hydrogens (primary N) is 1. The van der Waals surface area contributed by atoms with Gasteiger partial charge < -0.3 is 10.5 Å². The van der Waals surface area contributed by atoms with Crippen molar-refractivity contribution in [1.82, 2.24) is 0 Å². The minimum Gasteiger partial charge on any atom is -0.385 e. The Morgan fingerprint density at radius 3 is 2.88 bits per heavy atom. The van der Waals surface area contributed by atoms with Gasteiger partial charge in [0.25, 0.3) is 0 Å². The van der Waals surface area contributed by atoms with E-state index in [0.29, 0.717) is 5.56 Å². The third-order valence-electron chi connectivity index (χ3n) is 2.22. The van der Waals surface area contributed by atoms with Gasteiger partial charge in [0, 0.05) is 36.0 Å². The molecule has 2 N–H and O–H groups in total. The molecule has 0 bridgehead atoms. The van der Waals surface area contributed by atoms with Crippen molar-refractivity contribution in [2.45, 2.75) is 24.3 Å². The maximum atomic E-state index is 13.6. The van der Waals surface area contributed by atoms with Crippen molar-refractivity contribution in [3.63, 3.8) is 0 Å². The van der Waals surface area contributed by atoms with Gasteiger partial charge in [0.1, 0.15) is 5.82 Å². The van der Waals surface area contributed by atoms with Gasteiger partial charge in [0.05, 0.1) is 0 Å². The number of methoxy groups -OCH3 is 1. The third kappa shape index (κ3) is 3.77. The second kappa shape index (κ2) is 6.89. The summed E-state index contributed by atoms with van der Waals surface area (Å²) in [5.74, 6) is 0.698. The van der Waals surface area contributed by atoms with E-state index < -0.39 is 0 Å². The van der Waals surface area contributed by atoms with E-state index in [0.717, 1.165) is 23.7 Å². The Kier molecular flexibility index (Phi) is 5.80. The van der Waals surface area contributed by atoms with Crippen LogP contribution < -0.4 is 5.73 Å². The summed E-state index contributed by atoms with van der Waals surface area (Å²) in [6.45, 7) is 2.54. The molecule has 0 aliphatic rings. The first kappa shape index (κ1) is 13.5. The highest BCUT2D eigenvalue weighted by Gasteiger charge is 2.12. The molecule has 0 fully saturated rings. The predicted molar refractivity (Wildman–Crippen MR) is 66.2 cm³/mol. The average Bonchev–Trinajstić information content (AvgIpc) is 2.24. The summed E-state index contributed by atoms with van der Waals surface area (Å²) in [5, 5.41) is 0. The quantitative estimate of drug-likeness (QED) is 0.616. The van der Waals surface area contributed by atoms with Crippen molar-refractivity contribution >= 4 is 11.8 Å². The molecule has 90 valence electrons. The number of hydrogen-bond acceptors (Lipinski definition) is 3. The molecule has 1 aromatic rings. The molecule has 0 aliphatic heterocycles. The Bertz CT molecular complexity index is 331. The normalized spacial score (nSPS) is 12.8. The van der Waals surface area contributed by atoms with Crippen molar-refractivity contribution in [2.75, 3.05) is 19.5 Å². The number of rotatable bonds is 6. The molecule has 1 aromatic carbocycles. The van der Waals surface area contributed by atoms with Crippen molar-refractivity contribution in [3.8, 4) is 0 Å². The molecule has 16 heavy (non-hydrogen) atoms. The lowest BCUT2D eigenvalue weighted by atomic mass is 10.1. The zero-order chi connectivity index (χ0) is 12.0. The number of hydrogen-bond donors (Lipinski definition) is 1. The van der Waals surface area contributed by atoms with Crippen LogP contribution in [0.2, 0.25) is 0 Å². The highest BCUT2D eigenvalue weighted by molar-refractivity contribution is 7.99. The van der Waals surface area contributed by atoms with E-state index in [1.54, 1.807) is 31.9 Å². The van der Waals surface area contributed by atoms with Gasteiger partial charge in [0.2, 0.25) is 0 Å². The largest absolute Gasteiger partial charge is 0.385 e. The van der Waals surface area contributed by atoms with Crippen LogP contribution in [0, 0.1) is 5.82 Å². The molecule has 2 nitrogen and oxygen atoms in total. The Balaban J connectivity index is 2.67. The van der Waals surface area contributed by atoms with Crippen LogP contribution in [0.25, 0.3) is 0 Å². The maximum Gasteiger partial charge on any atom is 0.129 e. The van der Waals surface area contributed by atoms with Crippen LogP contribution in [0.4, 0.5) is 4.39 Å². The average molecular weight is 243 g/mol. The van der Waals surface area contributed by atoms with E-state index in [4.69, 9.17) is 10.5 Å². The zero-order valence-corrected chi connectivity index (χ0v) is 10.5. The maximum absolute atomic E-state index is 13.6. The van der Waals surface area contributed by atoms with E-state index in [-0.39, 0.29) is 11.9 Å². The van der Waals surface area contributed by atoms with Crippen LogP contribution in [0.1, 0.15) is 24.9 Å². The minimum absolute atomic E-state index is 0.216. The van der Waals surface area contributed by atoms with Crippen LogP contribution in [0.3, 0.4) is 0 Å². The third-order valence-corrected chi connectivity index (χ3v) is 3.38. The fourth-order valence-electron chi connectivity index (χ4n) is 1.47. The summed E-state index contributed by atoms with van der Waals surface area (Å²) in [6.07, 6.45) is 0.954. The Morgan fingerprint density at radius 1 is 1.50 bits per heavy atom. The highest BCUT2D eigenvalue weighted by Crippen LogP contribution is 2.29. The van der Waals surface area contributed by atoms with Gasteiger partial charge in [-0.25, -0.2) is 4.39 Å². The van der Waals surface area contributed by atoms with Crippen molar-refractivity contribution in [1.29, 1.82) is 0 Å². The van der Waals surface area contributed by atoms with Crippen molar-refractivity contribution in [2.24, 2.45) is 5.73 Å². The molecule has 0 spiro atoms. The Labute approximate surface area is 100 Å². The summed E-state index contributed by atoms with van der Waals surface area (Å²) < 4.78 is 18.5.